The van der Waals surface area contributed by atoms with E-state index in [1.807, 2.05) is 0 Å². The maximum absolute atomic E-state index is 12.1. The minimum Gasteiger partial charge on any atom is -0.382 e. The van der Waals surface area contributed by atoms with Gasteiger partial charge in [-0.1, -0.05) is 12.8 Å². The van der Waals surface area contributed by atoms with E-state index in [0.29, 0.717) is 23.5 Å². The molecular formula is C12H18N4OS. The van der Waals surface area contributed by atoms with Crippen molar-refractivity contribution >= 4 is 28.3 Å². The van der Waals surface area contributed by atoms with E-state index in [1.165, 1.54) is 37.2 Å². The molecule has 0 bridgehead atoms. The first kappa shape index (κ1) is 11.8. The van der Waals surface area contributed by atoms with Gasteiger partial charge in [0.05, 0.1) is 0 Å². The number of hydrogen-bond acceptors (Lipinski definition) is 5. The van der Waals surface area contributed by atoms with Crippen LogP contribution < -0.4 is 16.4 Å². The third-order valence-electron chi connectivity index (χ3n) is 3.55. The normalized spacial score (nSPS) is 20.0. The Morgan fingerprint density at radius 2 is 1.94 bits per heavy atom. The van der Waals surface area contributed by atoms with Crippen molar-refractivity contribution in [3.63, 3.8) is 0 Å². The molecule has 4 N–H and O–H groups in total. The second-order valence-corrected chi connectivity index (χ2v) is 5.92. The summed E-state index contributed by atoms with van der Waals surface area (Å²) in [5, 5.41) is 7.22. The first-order chi connectivity index (χ1) is 8.74. The van der Waals surface area contributed by atoms with Crippen molar-refractivity contribution in [2.45, 2.75) is 50.6 Å². The average molecular weight is 266 g/mol. The highest BCUT2D eigenvalue weighted by Crippen LogP contribution is 2.31. The summed E-state index contributed by atoms with van der Waals surface area (Å²) in [6.45, 7) is 0. The maximum atomic E-state index is 12.1. The molecular weight excluding hydrogens is 248 g/mol. The molecule has 2 aliphatic rings. The molecule has 18 heavy (non-hydrogen) atoms. The summed E-state index contributed by atoms with van der Waals surface area (Å²) in [5.41, 5.74) is 6.35. The zero-order chi connectivity index (χ0) is 12.5. The Morgan fingerprint density at radius 1 is 1.22 bits per heavy atom. The molecule has 6 heteroatoms. The second kappa shape index (κ2) is 4.76. The Hall–Kier alpha value is -1.30. The third-order valence-corrected chi connectivity index (χ3v) is 4.34. The predicted molar refractivity (Wildman–Crippen MR) is 72.9 cm³/mol. The summed E-state index contributed by atoms with van der Waals surface area (Å²) in [5.74, 6) is 0.267. The summed E-state index contributed by atoms with van der Waals surface area (Å²) >= 11 is 1.29. The van der Waals surface area contributed by atoms with Gasteiger partial charge in [0.1, 0.15) is 10.6 Å². The molecule has 1 amide bonds. The van der Waals surface area contributed by atoms with Gasteiger partial charge in [0.2, 0.25) is 0 Å². The lowest BCUT2D eigenvalue weighted by Crippen LogP contribution is -2.27. The molecule has 1 aromatic heterocycles. The molecule has 0 atom stereocenters. The maximum Gasteiger partial charge on any atom is 0.258 e. The van der Waals surface area contributed by atoms with E-state index in [4.69, 9.17) is 5.73 Å². The lowest BCUT2D eigenvalue weighted by molar-refractivity contribution is 0.0953. The summed E-state index contributed by atoms with van der Waals surface area (Å²) in [4.78, 5) is 12.1. The first-order valence-electron chi connectivity index (χ1n) is 6.56. The zero-order valence-electron chi connectivity index (χ0n) is 10.2. The van der Waals surface area contributed by atoms with Crippen molar-refractivity contribution in [1.82, 2.24) is 9.69 Å². The number of nitrogens with two attached hydrogens (primary N) is 1. The molecule has 0 unspecified atom stereocenters. The minimum atomic E-state index is -0.0794. The van der Waals surface area contributed by atoms with Gasteiger partial charge in [-0.3, -0.25) is 4.79 Å². The molecule has 0 radical (unpaired) electrons. The van der Waals surface area contributed by atoms with Crippen molar-refractivity contribution in [2.75, 3.05) is 11.1 Å². The summed E-state index contributed by atoms with van der Waals surface area (Å²) in [6.07, 6.45) is 7.01. The van der Waals surface area contributed by atoms with Gasteiger partial charge in [-0.05, 0) is 37.2 Å². The number of aromatic nitrogens is 1. The molecule has 2 saturated carbocycles. The van der Waals surface area contributed by atoms with E-state index in [9.17, 15) is 4.79 Å². The van der Waals surface area contributed by atoms with Gasteiger partial charge < -0.3 is 16.4 Å². The minimum absolute atomic E-state index is 0.0794. The van der Waals surface area contributed by atoms with Crippen LogP contribution in [0.2, 0.25) is 0 Å². The van der Waals surface area contributed by atoms with Gasteiger partial charge in [-0.15, -0.1) is 0 Å². The number of nitrogens with one attached hydrogen (secondary N) is 2. The number of nitrogen functional groups attached to an aromatic ring is 1. The van der Waals surface area contributed by atoms with Crippen molar-refractivity contribution in [2.24, 2.45) is 0 Å². The molecule has 3 rings (SSSR count). The van der Waals surface area contributed by atoms with Crippen LogP contribution in [0.5, 0.6) is 0 Å². The predicted octanol–water partition coefficient (Wildman–Crippen LogP) is 1.97. The lowest BCUT2D eigenvalue weighted by Gasteiger charge is -2.13. The van der Waals surface area contributed by atoms with Crippen LogP contribution >= 0.6 is 11.5 Å². The standard InChI is InChI=1S/C12H18N4OS/c13-10-9(11(17)14-8-5-6-8)12(18-16-10)15-7-3-1-2-4-7/h7-8,15H,1-6H2,(H2,13,16)(H,14,17). The van der Waals surface area contributed by atoms with Gasteiger partial charge in [0, 0.05) is 12.1 Å². The molecule has 1 heterocycles. The Balaban J connectivity index is 1.74. The number of hydrogen-bond donors (Lipinski definition) is 3. The topological polar surface area (TPSA) is 80.0 Å². The Labute approximate surface area is 110 Å². The molecule has 2 fully saturated rings. The number of carbonyl (C=O) groups excluding carboxylic acids is 1. The quantitative estimate of drug-likeness (QED) is 0.778. The van der Waals surface area contributed by atoms with Crippen LogP contribution in [0.3, 0.4) is 0 Å². The van der Waals surface area contributed by atoms with Crippen molar-refractivity contribution in [1.29, 1.82) is 0 Å². The SMILES string of the molecule is Nc1nsc(NC2CCCC2)c1C(=O)NC1CC1. The van der Waals surface area contributed by atoms with E-state index < -0.39 is 0 Å². The Bertz CT molecular complexity index is 449. The highest BCUT2D eigenvalue weighted by Gasteiger charge is 2.28. The van der Waals surface area contributed by atoms with E-state index in [1.54, 1.807) is 0 Å². The molecule has 0 saturated heterocycles. The fraction of sp³-hybridized carbons (Fsp3) is 0.667. The van der Waals surface area contributed by atoms with Gasteiger partial charge in [0.15, 0.2) is 5.82 Å². The number of nitrogens with zero attached hydrogens (tertiary/aromatic N) is 1. The summed E-state index contributed by atoms with van der Waals surface area (Å²) in [6, 6.07) is 0.813. The van der Waals surface area contributed by atoms with E-state index >= 15 is 0 Å². The Kier molecular flexibility index (Phi) is 3.11. The van der Waals surface area contributed by atoms with Crippen LogP contribution in [-0.4, -0.2) is 22.4 Å². The number of rotatable bonds is 4. The van der Waals surface area contributed by atoms with Crippen LogP contribution in [-0.2, 0) is 0 Å². The number of amides is 1. The smallest absolute Gasteiger partial charge is 0.258 e. The van der Waals surface area contributed by atoms with E-state index in [2.05, 4.69) is 15.0 Å². The highest BCUT2D eigenvalue weighted by atomic mass is 32.1. The van der Waals surface area contributed by atoms with Crippen LogP contribution in [0.15, 0.2) is 0 Å². The monoisotopic (exact) mass is 266 g/mol. The lowest BCUT2D eigenvalue weighted by atomic mass is 10.2. The molecule has 5 nitrogen and oxygen atoms in total. The average Bonchev–Trinajstić information content (AvgIpc) is 2.87. The fourth-order valence-electron chi connectivity index (χ4n) is 2.36. The third kappa shape index (κ3) is 2.43. The highest BCUT2D eigenvalue weighted by molar-refractivity contribution is 7.11. The van der Waals surface area contributed by atoms with Crippen molar-refractivity contribution in [3.8, 4) is 0 Å². The molecule has 2 aliphatic carbocycles. The molecule has 0 aromatic carbocycles. The van der Waals surface area contributed by atoms with Gasteiger partial charge >= 0.3 is 0 Å². The molecule has 0 aliphatic heterocycles. The zero-order valence-corrected chi connectivity index (χ0v) is 11.1. The number of anilines is 2. The van der Waals surface area contributed by atoms with Crippen LogP contribution in [0.1, 0.15) is 48.9 Å². The van der Waals surface area contributed by atoms with E-state index in [-0.39, 0.29) is 5.91 Å². The summed E-state index contributed by atoms with van der Waals surface area (Å²) in [7, 11) is 0. The van der Waals surface area contributed by atoms with Crippen LogP contribution in [0.25, 0.3) is 0 Å². The number of carbonyl (C=O) groups is 1. The van der Waals surface area contributed by atoms with Crippen molar-refractivity contribution < 1.29 is 4.79 Å². The van der Waals surface area contributed by atoms with E-state index in [0.717, 1.165) is 17.8 Å². The summed E-state index contributed by atoms with van der Waals surface area (Å²) < 4.78 is 4.10. The fourth-order valence-corrected chi connectivity index (χ4v) is 3.15. The molecule has 0 spiro atoms. The van der Waals surface area contributed by atoms with Crippen LogP contribution in [0.4, 0.5) is 10.8 Å². The largest absolute Gasteiger partial charge is 0.382 e. The van der Waals surface area contributed by atoms with Gasteiger partial charge in [0.25, 0.3) is 5.91 Å². The molecule has 1 aromatic rings. The van der Waals surface area contributed by atoms with Gasteiger partial charge in [-0.2, -0.15) is 4.37 Å². The second-order valence-electron chi connectivity index (χ2n) is 5.15. The van der Waals surface area contributed by atoms with Gasteiger partial charge in [-0.25, -0.2) is 0 Å². The van der Waals surface area contributed by atoms with Crippen LogP contribution in [0, 0.1) is 0 Å². The molecule has 98 valence electrons. The van der Waals surface area contributed by atoms with Crippen molar-refractivity contribution in [3.05, 3.63) is 5.56 Å². The first-order valence-corrected chi connectivity index (χ1v) is 7.34. The Morgan fingerprint density at radius 3 is 2.61 bits per heavy atom.